The van der Waals surface area contributed by atoms with E-state index in [1.165, 1.54) is 0 Å². The molecular weight excluding hydrogens is 178 g/mol. The molecule has 0 saturated carbocycles. The number of aromatic amines is 1. The molecule has 0 spiro atoms. The molecule has 0 bridgehead atoms. The van der Waals surface area contributed by atoms with E-state index >= 15 is 0 Å². The lowest BCUT2D eigenvalue weighted by Gasteiger charge is -1.92. The van der Waals surface area contributed by atoms with E-state index in [9.17, 15) is 0 Å². The Labute approximate surface area is 81.2 Å². The Kier molecular flexibility index (Phi) is 2.40. The molecule has 2 N–H and O–H groups in total. The number of hydrogen-bond acceptors (Lipinski definition) is 3. The molecule has 1 aromatic heterocycles. The summed E-state index contributed by atoms with van der Waals surface area (Å²) in [7, 11) is 0. The van der Waals surface area contributed by atoms with Crippen LogP contribution in [0.3, 0.4) is 0 Å². The van der Waals surface area contributed by atoms with E-state index in [-0.39, 0.29) is 0 Å². The minimum atomic E-state index is 0.662. The number of aromatic nitrogens is 2. The van der Waals surface area contributed by atoms with Crippen molar-refractivity contribution in [1.29, 1.82) is 0 Å². The van der Waals surface area contributed by atoms with E-state index in [4.69, 9.17) is 0 Å². The van der Waals surface area contributed by atoms with Gasteiger partial charge in [0, 0.05) is 5.39 Å². The van der Waals surface area contributed by atoms with Gasteiger partial charge in [-0.2, -0.15) is 10.2 Å². The molecular formula is C9H11N5. The number of nitrogens with one attached hydrogen (secondary N) is 2. The Morgan fingerprint density at radius 3 is 3.14 bits per heavy atom. The van der Waals surface area contributed by atoms with Crippen molar-refractivity contribution in [2.75, 3.05) is 12.0 Å². The molecule has 0 atom stereocenters. The van der Waals surface area contributed by atoms with Crippen LogP contribution in [0, 0.1) is 0 Å². The number of rotatable bonds is 3. The zero-order valence-corrected chi connectivity index (χ0v) is 7.86. The first-order valence-electron chi connectivity index (χ1n) is 4.47. The minimum Gasteiger partial charge on any atom is -0.276 e. The molecule has 0 unspecified atom stereocenters. The van der Waals surface area contributed by atoms with Gasteiger partial charge in [0.05, 0.1) is 12.1 Å². The quantitative estimate of drug-likeness (QED) is 0.575. The van der Waals surface area contributed by atoms with E-state index < -0.39 is 0 Å². The second-order valence-electron chi connectivity index (χ2n) is 2.79. The van der Waals surface area contributed by atoms with Crippen LogP contribution < -0.4 is 5.43 Å². The van der Waals surface area contributed by atoms with Crippen molar-refractivity contribution in [3.05, 3.63) is 24.3 Å². The first-order valence-corrected chi connectivity index (χ1v) is 4.47. The van der Waals surface area contributed by atoms with Crippen molar-refractivity contribution in [3.63, 3.8) is 0 Å². The van der Waals surface area contributed by atoms with Gasteiger partial charge in [-0.25, -0.2) is 5.43 Å². The number of nitrogens with zero attached hydrogens (tertiary/aromatic N) is 3. The van der Waals surface area contributed by atoms with Crippen LogP contribution in [0.2, 0.25) is 0 Å². The molecule has 1 heterocycles. The van der Waals surface area contributed by atoms with Crippen LogP contribution >= 0.6 is 0 Å². The second kappa shape index (κ2) is 3.87. The normalized spacial score (nSPS) is 11.2. The van der Waals surface area contributed by atoms with E-state index in [1.54, 1.807) is 0 Å². The fourth-order valence-electron chi connectivity index (χ4n) is 1.20. The Morgan fingerprint density at radius 2 is 2.29 bits per heavy atom. The molecule has 14 heavy (non-hydrogen) atoms. The van der Waals surface area contributed by atoms with Crippen molar-refractivity contribution >= 4 is 16.7 Å². The number of hydrogen-bond donors (Lipinski definition) is 2. The van der Waals surface area contributed by atoms with Gasteiger partial charge in [0.1, 0.15) is 0 Å². The molecule has 5 nitrogen and oxygen atoms in total. The predicted molar refractivity (Wildman–Crippen MR) is 55.1 cm³/mol. The van der Waals surface area contributed by atoms with Gasteiger partial charge in [0.2, 0.25) is 0 Å². The first-order chi connectivity index (χ1) is 6.92. The molecule has 0 radical (unpaired) electrons. The summed E-state index contributed by atoms with van der Waals surface area (Å²) in [6, 6.07) is 7.85. The van der Waals surface area contributed by atoms with E-state index in [0.29, 0.717) is 12.4 Å². The number of anilines is 1. The van der Waals surface area contributed by atoms with Crippen molar-refractivity contribution in [1.82, 2.24) is 10.2 Å². The molecule has 5 heteroatoms. The van der Waals surface area contributed by atoms with Gasteiger partial charge < -0.3 is 0 Å². The zero-order chi connectivity index (χ0) is 9.80. The number of fused-ring (bicyclic) bond motifs is 1. The third-order valence-corrected chi connectivity index (χ3v) is 1.84. The van der Waals surface area contributed by atoms with Crippen molar-refractivity contribution in [2.45, 2.75) is 6.92 Å². The Balaban J connectivity index is 2.29. The highest BCUT2D eigenvalue weighted by atomic mass is 15.4. The summed E-state index contributed by atoms with van der Waals surface area (Å²) in [6.07, 6.45) is 0. The average molecular weight is 189 g/mol. The number of benzene rings is 1. The molecule has 0 fully saturated rings. The summed E-state index contributed by atoms with van der Waals surface area (Å²) in [5.41, 5.74) is 3.77. The van der Waals surface area contributed by atoms with Gasteiger partial charge in [-0.15, -0.1) is 0 Å². The van der Waals surface area contributed by atoms with Gasteiger partial charge in [0.15, 0.2) is 5.82 Å². The van der Waals surface area contributed by atoms with E-state index in [2.05, 4.69) is 26.0 Å². The fourth-order valence-corrected chi connectivity index (χ4v) is 1.20. The summed E-state index contributed by atoms with van der Waals surface area (Å²) >= 11 is 0. The van der Waals surface area contributed by atoms with Crippen LogP contribution in [0.1, 0.15) is 6.92 Å². The zero-order valence-electron chi connectivity index (χ0n) is 7.86. The Morgan fingerprint density at radius 1 is 1.43 bits per heavy atom. The summed E-state index contributed by atoms with van der Waals surface area (Å²) in [5, 5.41) is 15.6. The number of H-pyrrole nitrogens is 1. The van der Waals surface area contributed by atoms with Crippen molar-refractivity contribution in [3.8, 4) is 0 Å². The molecule has 72 valence electrons. The minimum absolute atomic E-state index is 0.662. The highest BCUT2D eigenvalue weighted by Gasteiger charge is 2.01. The summed E-state index contributed by atoms with van der Waals surface area (Å²) in [5.74, 6) is 0.706. The number of para-hydroxylation sites is 1. The summed E-state index contributed by atoms with van der Waals surface area (Å²) in [4.78, 5) is 0. The van der Waals surface area contributed by atoms with Gasteiger partial charge >= 0.3 is 0 Å². The smallest absolute Gasteiger partial charge is 0.177 e. The molecule has 0 amide bonds. The highest BCUT2D eigenvalue weighted by molar-refractivity contribution is 5.89. The van der Waals surface area contributed by atoms with E-state index in [0.717, 1.165) is 10.9 Å². The predicted octanol–water partition coefficient (Wildman–Crippen LogP) is 2.36. The van der Waals surface area contributed by atoms with Crippen LogP contribution in [-0.4, -0.2) is 16.7 Å². The standard InChI is InChI=1S/C9H11N5/c1-2-10-14-13-9-7-5-3-4-6-8(7)11-12-9/h3-6H,2H2,1H3,(H2,10,11,12,13). The highest BCUT2D eigenvalue weighted by Crippen LogP contribution is 2.19. The maximum atomic E-state index is 4.08. The first kappa shape index (κ1) is 8.68. The third kappa shape index (κ3) is 1.56. The Hall–Kier alpha value is -1.91. The molecule has 2 aromatic rings. The van der Waals surface area contributed by atoms with Gasteiger partial charge in [-0.3, -0.25) is 5.10 Å². The molecule has 2 rings (SSSR count). The second-order valence-corrected chi connectivity index (χ2v) is 2.79. The summed E-state index contributed by atoms with van der Waals surface area (Å²) in [6.45, 7) is 2.59. The van der Waals surface area contributed by atoms with Crippen molar-refractivity contribution in [2.24, 2.45) is 10.3 Å². The molecule has 1 aromatic carbocycles. The maximum absolute atomic E-state index is 4.08. The van der Waals surface area contributed by atoms with Crippen LogP contribution in [0.15, 0.2) is 34.6 Å². The maximum Gasteiger partial charge on any atom is 0.177 e. The van der Waals surface area contributed by atoms with Crippen LogP contribution in [0.4, 0.5) is 5.82 Å². The lowest BCUT2D eigenvalue weighted by atomic mass is 10.2. The summed E-state index contributed by atoms with van der Waals surface area (Å²) < 4.78 is 0. The average Bonchev–Trinajstić information content (AvgIpc) is 2.63. The lowest BCUT2D eigenvalue weighted by Crippen LogP contribution is -1.87. The molecule has 0 aliphatic rings. The van der Waals surface area contributed by atoms with Crippen LogP contribution in [0.25, 0.3) is 10.9 Å². The molecule has 0 saturated heterocycles. The topological polar surface area (TPSA) is 65.4 Å². The van der Waals surface area contributed by atoms with Gasteiger partial charge in [-0.05, 0) is 19.1 Å². The van der Waals surface area contributed by atoms with Crippen LogP contribution in [-0.2, 0) is 0 Å². The molecule has 0 aliphatic carbocycles. The van der Waals surface area contributed by atoms with Crippen LogP contribution in [0.5, 0.6) is 0 Å². The van der Waals surface area contributed by atoms with Crippen molar-refractivity contribution < 1.29 is 0 Å². The van der Waals surface area contributed by atoms with E-state index in [1.807, 2.05) is 31.2 Å². The van der Waals surface area contributed by atoms with Gasteiger partial charge in [-0.1, -0.05) is 17.4 Å². The lowest BCUT2D eigenvalue weighted by molar-refractivity contribution is 0.953. The Bertz CT molecular complexity index is 445. The third-order valence-electron chi connectivity index (χ3n) is 1.84. The monoisotopic (exact) mass is 189 g/mol. The SMILES string of the molecule is CCN=NNc1n[nH]c2ccccc12. The van der Waals surface area contributed by atoms with Gasteiger partial charge in [0.25, 0.3) is 0 Å². The molecule has 0 aliphatic heterocycles. The fraction of sp³-hybridized carbons (Fsp3) is 0.222. The largest absolute Gasteiger partial charge is 0.276 e.